The van der Waals surface area contributed by atoms with Gasteiger partial charge in [-0.3, -0.25) is 5.21 Å². The van der Waals surface area contributed by atoms with Gasteiger partial charge in [0.25, 0.3) is 0 Å². The first kappa shape index (κ1) is 19.8. The minimum Gasteiger partial charge on any atom is -0.854 e. The van der Waals surface area contributed by atoms with Gasteiger partial charge in [0.2, 0.25) is 18.3 Å². The Morgan fingerprint density at radius 3 is 3.07 bits per heavy atom. The summed E-state index contributed by atoms with van der Waals surface area (Å²) in [4.78, 5) is 6.78. The van der Waals surface area contributed by atoms with Crippen molar-refractivity contribution in [2.45, 2.75) is 38.3 Å². The molecule has 0 saturated carbocycles. The number of pyridine rings is 1. The van der Waals surface area contributed by atoms with E-state index in [1.54, 1.807) is 12.3 Å². The minimum absolute atomic E-state index is 0.130. The van der Waals surface area contributed by atoms with Gasteiger partial charge in [0.1, 0.15) is 16.1 Å². The molecule has 4 rings (SSSR count). The molecular weight excluding hydrogens is 443 g/mol. The van der Waals surface area contributed by atoms with E-state index >= 15 is 0 Å². The largest absolute Gasteiger partial charge is 0.854 e. The lowest BCUT2D eigenvalue weighted by Crippen LogP contribution is -2.41. The van der Waals surface area contributed by atoms with Gasteiger partial charge in [0, 0.05) is 41.6 Å². The highest BCUT2D eigenvalue weighted by atomic mass is 79.9. The van der Waals surface area contributed by atoms with E-state index in [1.165, 1.54) is 10.7 Å². The lowest BCUT2D eigenvalue weighted by molar-refractivity contribution is -0.905. The summed E-state index contributed by atoms with van der Waals surface area (Å²) < 4.78 is 16.8. The van der Waals surface area contributed by atoms with E-state index in [0.717, 1.165) is 36.1 Å². The molecule has 154 valence electrons. The van der Waals surface area contributed by atoms with E-state index in [9.17, 15) is 14.7 Å². The summed E-state index contributed by atoms with van der Waals surface area (Å²) in [5, 5.41) is 28.0. The highest BCUT2D eigenvalue weighted by molar-refractivity contribution is 9.10. The van der Waals surface area contributed by atoms with E-state index in [4.69, 9.17) is 0 Å². The van der Waals surface area contributed by atoms with Crippen molar-refractivity contribution in [2.24, 2.45) is 0 Å². The van der Waals surface area contributed by atoms with Crippen LogP contribution in [-0.2, 0) is 6.54 Å². The number of rotatable bonds is 6. The minimum atomic E-state index is -0.639. The number of nitrogens with zero attached hydrogens (tertiary/aromatic N) is 5. The van der Waals surface area contributed by atoms with E-state index in [1.807, 2.05) is 12.1 Å². The van der Waals surface area contributed by atoms with E-state index in [2.05, 4.69) is 36.2 Å². The van der Waals surface area contributed by atoms with Gasteiger partial charge in [-0.25, -0.2) is 4.98 Å². The third-order valence-electron chi connectivity index (χ3n) is 5.17. The molecule has 0 unspecified atom stereocenters. The van der Waals surface area contributed by atoms with Gasteiger partial charge in [-0.2, -0.15) is 8.91 Å². The van der Waals surface area contributed by atoms with Gasteiger partial charge >= 0.3 is 0 Å². The average Bonchev–Trinajstić information content (AvgIpc) is 3.01. The number of nitrogens with one attached hydrogen (secondary N) is 1. The first-order valence-electron chi connectivity index (χ1n) is 9.59. The van der Waals surface area contributed by atoms with Crippen molar-refractivity contribution in [3.8, 4) is 0 Å². The number of aromatic nitrogens is 4. The second kappa shape index (κ2) is 8.50. The fourth-order valence-corrected chi connectivity index (χ4v) is 4.11. The molecule has 2 N–H and O–H groups in total. The molecule has 0 radical (unpaired) electrons. The summed E-state index contributed by atoms with van der Waals surface area (Å²) in [5.41, 5.74) is 1.22. The monoisotopic (exact) mass is 464 g/mol. The maximum absolute atomic E-state index is 14.2. The zero-order valence-electron chi connectivity index (χ0n) is 15.8. The average molecular weight is 465 g/mol. The maximum atomic E-state index is 14.2. The fraction of sp³-hybridized carbons (Fsp3) is 0.421. The second-order valence-corrected chi connectivity index (χ2v) is 7.91. The molecule has 0 spiro atoms. The molecule has 10 heteroatoms. The molecule has 29 heavy (non-hydrogen) atoms. The standard InChI is InChI=1S/C19H22BrFN6O2/c20-17-18(21)24-27-15(22-11-13-4-3-7-25(29)12-13)10-16(23-19(17)27)26-8-2-1-5-14(26)6-9-28/h3-4,7,10,12,14,22,29H,1-2,5-6,8-9,11H2/t14-/m1/s1. The number of piperidine rings is 1. The SMILES string of the molecule is [O-]CC[C@H]1CCCCN1c1cc(NCc2ccc[n+](O)c2)n2nc(F)c(Br)c2n1. The quantitative estimate of drug-likeness (QED) is 0.427. The van der Waals surface area contributed by atoms with Gasteiger partial charge in [-0.15, -0.1) is 11.7 Å². The van der Waals surface area contributed by atoms with E-state index < -0.39 is 5.95 Å². The van der Waals surface area contributed by atoms with Crippen LogP contribution in [-0.4, -0.2) is 39.0 Å². The molecule has 0 aliphatic carbocycles. The summed E-state index contributed by atoms with van der Waals surface area (Å²) in [5.74, 6) is 0.638. The van der Waals surface area contributed by atoms with Crippen molar-refractivity contribution >= 4 is 33.2 Å². The summed E-state index contributed by atoms with van der Waals surface area (Å²) in [6.45, 7) is 1.09. The first-order valence-corrected chi connectivity index (χ1v) is 10.4. The third-order valence-corrected chi connectivity index (χ3v) is 5.86. The van der Waals surface area contributed by atoms with Crippen molar-refractivity contribution in [2.75, 3.05) is 23.4 Å². The lowest BCUT2D eigenvalue weighted by Gasteiger charge is -2.37. The molecule has 0 bridgehead atoms. The highest BCUT2D eigenvalue weighted by Crippen LogP contribution is 2.30. The van der Waals surface area contributed by atoms with E-state index in [0.29, 0.717) is 30.2 Å². The normalized spacial score (nSPS) is 17.1. The van der Waals surface area contributed by atoms with E-state index in [-0.39, 0.29) is 17.1 Å². The van der Waals surface area contributed by atoms with Crippen LogP contribution in [0.1, 0.15) is 31.2 Å². The lowest BCUT2D eigenvalue weighted by atomic mass is 9.99. The predicted octanol–water partition coefficient (Wildman–Crippen LogP) is 1.88. The molecule has 1 saturated heterocycles. The number of halogens is 2. The van der Waals surface area contributed by atoms with Crippen LogP contribution in [0.3, 0.4) is 0 Å². The molecule has 3 aromatic heterocycles. The number of anilines is 2. The summed E-state index contributed by atoms with van der Waals surface area (Å²) in [6.07, 6.45) is 6.74. The van der Waals surface area contributed by atoms with Crippen LogP contribution in [0.5, 0.6) is 0 Å². The molecular formula is C19H22BrFN6O2. The van der Waals surface area contributed by atoms with Crippen LogP contribution in [0.4, 0.5) is 16.0 Å². The summed E-state index contributed by atoms with van der Waals surface area (Å²) in [7, 11) is 0. The molecule has 8 nitrogen and oxygen atoms in total. The van der Waals surface area contributed by atoms with Crippen LogP contribution < -0.4 is 20.1 Å². The Kier molecular flexibility index (Phi) is 5.81. The molecule has 1 aliphatic rings. The maximum Gasteiger partial charge on any atom is 0.249 e. The summed E-state index contributed by atoms with van der Waals surface area (Å²) >= 11 is 3.24. The van der Waals surface area contributed by atoms with Crippen molar-refractivity contribution in [1.29, 1.82) is 0 Å². The van der Waals surface area contributed by atoms with Crippen LogP contribution in [0.25, 0.3) is 5.65 Å². The first-order chi connectivity index (χ1) is 14.1. The van der Waals surface area contributed by atoms with Gasteiger partial charge in [-0.1, -0.05) is 0 Å². The van der Waals surface area contributed by atoms with Gasteiger partial charge in [0.15, 0.2) is 5.65 Å². The molecule has 1 fully saturated rings. The molecule has 1 aliphatic heterocycles. The zero-order chi connectivity index (χ0) is 20.4. The Hall–Kier alpha value is -2.46. The van der Waals surface area contributed by atoms with Gasteiger partial charge in [0.05, 0.1) is 0 Å². The fourth-order valence-electron chi connectivity index (χ4n) is 3.77. The third kappa shape index (κ3) is 4.13. The Labute approximate surface area is 175 Å². The molecule has 0 amide bonds. The smallest absolute Gasteiger partial charge is 0.249 e. The predicted molar refractivity (Wildman–Crippen MR) is 106 cm³/mol. The Morgan fingerprint density at radius 2 is 2.28 bits per heavy atom. The number of hydrogen-bond acceptors (Lipinski definition) is 6. The van der Waals surface area contributed by atoms with Crippen LogP contribution >= 0.6 is 15.9 Å². The molecule has 4 heterocycles. The Balaban J connectivity index is 1.71. The Bertz CT molecular complexity index is 1010. The van der Waals surface area contributed by atoms with Crippen molar-refractivity contribution < 1.29 is 19.4 Å². The molecule has 0 aromatic carbocycles. The van der Waals surface area contributed by atoms with Crippen molar-refractivity contribution in [1.82, 2.24) is 14.6 Å². The van der Waals surface area contributed by atoms with Gasteiger partial charge in [-0.05, 0) is 47.7 Å². The molecule has 3 aromatic rings. The molecule has 1 atom stereocenters. The second-order valence-electron chi connectivity index (χ2n) is 7.12. The summed E-state index contributed by atoms with van der Waals surface area (Å²) in [6, 6.07) is 5.58. The number of fused-ring (bicyclic) bond motifs is 1. The van der Waals surface area contributed by atoms with Crippen molar-refractivity contribution in [3.63, 3.8) is 0 Å². The van der Waals surface area contributed by atoms with Gasteiger partial charge < -0.3 is 15.3 Å². The van der Waals surface area contributed by atoms with Crippen LogP contribution in [0.2, 0.25) is 0 Å². The van der Waals surface area contributed by atoms with Crippen molar-refractivity contribution in [3.05, 3.63) is 46.6 Å². The highest BCUT2D eigenvalue weighted by Gasteiger charge is 2.25. The van der Waals surface area contributed by atoms with Crippen LogP contribution in [0, 0.1) is 5.95 Å². The number of hydrogen-bond donors (Lipinski definition) is 2. The Morgan fingerprint density at radius 1 is 1.41 bits per heavy atom. The van der Waals surface area contributed by atoms with Crippen LogP contribution in [0.15, 0.2) is 35.1 Å². The topological polar surface area (TPSA) is 92.6 Å². The zero-order valence-corrected chi connectivity index (χ0v) is 17.3.